The summed E-state index contributed by atoms with van der Waals surface area (Å²) in [5.41, 5.74) is 5.54. The normalized spacial score (nSPS) is 12.1. The molecule has 0 saturated heterocycles. The number of hydrogen-bond donors (Lipinski definition) is 2. The van der Waals surface area contributed by atoms with Crippen LogP contribution < -0.4 is 16.3 Å². The Morgan fingerprint density at radius 3 is 2.56 bits per heavy atom. The molecule has 7 heteroatoms. The minimum absolute atomic E-state index is 0.00370. The van der Waals surface area contributed by atoms with Gasteiger partial charge in [0.25, 0.3) is 5.91 Å². The highest BCUT2D eigenvalue weighted by Gasteiger charge is 2.19. The van der Waals surface area contributed by atoms with Gasteiger partial charge in [0.2, 0.25) is 0 Å². The van der Waals surface area contributed by atoms with Gasteiger partial charge in [-0.05, 0) is 18.1 Å². The van der Waals surface area contributed by atoms with Crippen molar-refractivity contribution >= 4 is 5.91 Å². The first-order valence-corrected chi connectivity index (χ1v) is 5.16. The van der Waals surface area contributed by atoms with E-state index < -0.39 is 23.6 Å². The molecule has 0 radical (unpaired) electrons. The van der Waals surface area contributed by atoms with Gasteiger partial charge in [-0.3, -0.25) is 9.80 Å². The first-order valence-electron chi connectivity index (χ1n) is 5.16. The van der Waals surface area contributed by atoms with Crippen molar-refractivity contribution in [2.75, 3.05) is 14.2 Å². The predicted molar refractivity (Wildman–Crippen MR) is 61.5 cm³/mol. The molecule has 5 nitrogen and oxygen atoms in total. The van der Waals surface area contributed by atoms with Crippen LogP contribution in [0.15, 0.2) is 12.1 Å². The molecule has 0 spiro atoms. The van der Waals surface area contributed by atoms with Crippen molar-refractivity contribution in [1.29, 1.82) is 0 Å². The summed E-state index contributed by atoms with van der Waals surface area (Å²) in [7, 11) is 2.56. The highest BCUT2D eigenvalue weighted by Crippen LogP contribution is 2.22. The SMILES string of the molecule is COc1cc(F)c(CC(N)C(=O)N(C)N)cc1F. The molecule has 0 aromatic heterocycles. The van der Waals surface area contributed by atoms with E-state index in [-0.39, 0.29) is 17.7 Å². The zero-order valence-corrected chi connectivity index (χ0v) is 10.1. The average Bonchev–Trinajstić information content (AvgIpc) is 2.32. The van der Waals surface area contributed by atoms with Crippen LogP contribution in [0.4, 0.5) is 8.78 Å². The molecule has 0 bridgehead atoms. The van der Waals surface area contributed by atoms with Crippen LogP contribution in [0.1, 0.15) is 5.56 Å². The first kappa shape index (κ1) is 14.3. The molecule has 1 aromatic carbocycles. The molecule has 1 unspecified atom stereocenters. The van der Waals surface area contributed by atoms with Gasteiger partial charge in [-0.15, -0.1) is 0 Å². The van der Waals surface area contributed by atoms with E-state index >= 15 is 0 Å². The van der Waals surface area contributed by atoms with E-state index in [1.54, 1.807) is 0 Å². The van der Waals surface area contributed by atoms with E-state index in [0.717, 1.165) is 17.1 Å². The fourth-order valence-electron chi connectivity index (χ4n) is 1.47. The molecule has 1 aromatic rings. The highest BCUT2D eigenvalue weighted by molar-refractivity contribution is 5.81. The molecule has 0 aliphatic rings. The number of benzene rings is 1. The molecule has 0 aliphatic heterocycles. The number of rotatable bonds is 4. The fraction of sp³-hybridized carbons (Fsp3) is 0.364. The summed E-state index contributed by atoms with van der Waals surface area (Å²) >= 11 is 0. The number of methoxy groups -OCH3 is 1. The molecule has 0 aliphatic carbocycles. The van der Waals surface area contributed by atoms with Gasteiger partial charge in [0, 0.05) is 13.1 Å². The lowest BCUT2D eigenvalue weighted by atomic mass is 10.0. The lowest BCUT2D eigenvalue weighted by Crippen LogP contribution is -2.46. The topological polar surface area (TPSA) is 81.6 Å². The van der Waals surface area contributed by atoms with Crippen molar-refractivity contribution < 1.29 is 18.3 Å². The molecule has 4 N–H and O–H groups in total. The number of halogens is 2. The van der Waals surface area contributed by atoms with Crippen LogP contribution in [0.25, 0.3) is 0 Å². The number of likely N-dealkylation sites (N-methyl/N-ethyl adjacent to an activating group) is 1. The Morgan fingerprint density at radius 1 is 1.44 bits per heavy atom. The van der Waals surface area contributed by atoms with Crippen LogP contribution >= 0.6 is 0 Å². The number of hydrogen-bond acceptors (Lipinski definition) is 4. The van der Waals surface area contributed by atoms with Gasteiger partial charge in [-0.2, -0.15) is 0 Å². The van der Waals surface area contributed by atoms with Crippen LogP contribution in [0.5, 0.6) is 5.75 Å². The number of carbonyl (C=O) groups excluding carboxylic acids is 1. The van der Waals surface area contributed by atoms with E-state index in [1.165, 1.54) is 14.2 Å². The van der Waals surface area contributed by atoms with Gasteiger partial charge in [-0.1, -0.05) is 0 Å². The molecule has 1 rings (SSSR count). The van der Waals surface area contributed by atoms with Crippen molar-refractivity contribution in [3.8, 4) is 5.75 Å². The molecule has 0 heterocycles. The monoisotopic (exact) mass is 259 g/mol. The van der Waals surface area contributed by atoms with Crippen LogP contribution in [0.2, 0.25) is 0 Å². The maximum absolute atomic E-state index is 13.6. The third-order valence-electron chi connectivity index (χ3n) is 2.43. The number of ether oxygens (including phenoxy) is 1. The van der Waals surface area contributed by atoms with Gasteiger partial charge in [0.15, 0.2) is 11.6 Å². The van der Waals surface area contributed by atoms with E-state index in [9.17, 15) is 13.6 Å². The van der Waals surface area contributed by atoms with Crippen LogP contribution in [-0.4, -0.2) is 31.1 Å². The Labute approximate surface area is 103 Å². The van der Waals surface area contributed by atoms with Gasteiger partial charge in [0.05, 0.1) is 13.2 Å². The smallest absolute Gasteiger partial charge is 0.253 e. The second kappa shape index (κ2) is 5.74. The van der Waals surface area contributed by atoms with Gasteiger partial charge in [0.1, 0.15) is 5.82 Å². The van der Waals surface area contributed by atoms with E-state index in [4.69, 9.17) is 11.6 Å². The second-order valence-corrected chi connectivity index (χ2v) is 3.84. The van der Waals surface area contributed by atoms with Crippen molar-refractivity contribution in [1.82, 2.24) is 5.01 Å². The van der Waals surface area contributed by atoms with Crippen molar-refractivity contribution in [3.05, 3.63) is 29.3 Å². The Kier molecular flexibility index (Phi) is 4.57. The van der Waals surface area contributed by atoms with Crippen LogP contribution in [0, 0.1) is 11.6 Å². The fourth-order valence-corrected chi connectivity index (χ4v) is 1.47. The van der Waals surface area contributed by atoms with Crippen LogP contribution in [-0.2, 0) is 11.2 Å². The zero-order chi connectivity index (χ0) is 13.9. The molecule has 0 saturated carbocycles. The minimum Gasteiger partial charge on any atom is -0.494 e. The molecule has 1 amide bonds. The number of hydrazine groups is 1. The lowest BCUT2D eigenvalue weighted by molar-refractivity contribution is -0.131. The summed E-state index contributed by atoms with van der Waals surface area (Å²) in [4.78, 5) is 11.4. The largest absolute Gasteiger partial charge is 0.494 e. The number of nitrogens with zero attached hydrogens (tertiary/aromatic N) is 1. The highest BCUT2D eigenvalue weighted by atomic mass is 19.1. The third-order valence-corrected chi connectivity index (χ3v) is 2.43. The predicted octanol–water partition coefficient (Wildman–Crippen LogP) is 0.175. The molecule has 18 heavy (non-hydrogen) atoms. The Morgan fingerprint density at radius 2 is 2.06 bits per heavy atom. The summed E-state index contributed by atoms with van der Waals surface area (Å²) < 4.78 is 31.6. The summed E-state index contributed by atoms with van der Waals surface area (Å²) in [6.45, 7) is 0. The van der Waals surface area contributed by atoms with Gasteiger partial charge < -0.3 is 10.5 Å². The quantitative estimate of drug-likeness (QED) is 0.459. The van der Waals surface area contributed by atoms with Gasteiger partial charge in [-0.25, -0.2) is 14.6 Å². The Bertz CT molecular complexity index is 452. The molecular formula is C11H15F2N3O2. The standard InChI is InChI=1S/C11H15F2N3O2/c1-16(15)11(17)9(14)4-6-3-8(13)10(18-2)5-7(6)12/h3,5,9H,4,14-15H2,1-2H3. The number of nitrogens with two attached hydrogens (primary N) is 2. The zero-order valence-electron chi connectivity index (χ0n) is 10.1. The first-order chi connectivity index (χ1) is 8.36. The molecule has 0 fully saturated rings. The maximum Gasteiger partial charge on any atom is 0.253 e. The second-order valence-electron chi connectivity index (χ2n) is 3.84. The summed E-state index contributed by atoms with van der Waals surface area (Å²) in [6, 6.07) is 0.841. The third kappa shape index (κ3) is 3.14. The van der Waals surface area contributed by atoms with Crippen LogP contribution in [0.3, 0.4) is 0 Å². The Balaban J connectivity index is 2.92. The number of amides is 1. The maximum atomic E-state index is 13.6. The summed E-state index contributed by atoms with van der Waals surface area (Å²) in [5, 5.41) is 0.808. The van der Waals surface area contributed by atoms with E-state index in [0.29, 0.717) is 0 Å². The van der Waals surface area contributed by atoms with Crippen molar-refractivity contribution in [2.45, 2.75) is 12.5 Å². The van der Waals surface area contributed by atoms with Crippen molar-refractivity contribution in [3.63, 3.8) is 0 Å². The molecular weight excluding hydrogens is 244 g/mol. The van der Waals surface area contributed by atoms with E-state index in [2.05, 4.69) is 4.74 Å². The minimum atomic E-state index is -1.03. The Hall–Kier alpha value is -1.73. The molecule has 100 valence electrons. The summed E-state index contributed by atoms with van der Waals surface area (Å²) in [6.07, 6.45) is -0.146. The lowest BCUT2D eigenvalue weighted by Gasteiger charge is -2.16. The number of carbonyl (C=O) groups is 1. The van der Waals surface area contributed by atoms with E-state index in [1.807, 2.05) is 0 Å². The van der Waals surface area contributed by atoms with Gasteiger partial charge >= 0.3 is 0 Å². The molecule has 1 atom stereocenters. The summed E-state index contributed by atoms with van der Waals surface area (Å²) in [5.74, 6) is 3.06. The van der Waals surface area contributed by atoms with Crippen molar-refractivity contribution in [2.24, 2.45) is 11.6 Å². The average molecular weight is 259 g/mol.